The molecule has 0 fully saturated rings. The summed E-state index contributed by atoms with van der Waals surface area (Å²) in [5, 5.41) is 4.67. The Balaban J connectivity index is 1.67. The van der Waals surface area contributed by atoms with Crippen molar-refractivity contribution in [2.45, 2.75) is 44.2 Å². The predicted octanol–water partition coefficient (Wildman–Crippen LogP) is 4.94. The first-order chi connectivity index (χ1) is 19.7. The number of sulfonamides is 1. The predicted molar refractivity (Wildman–Crippen MR) is 163 cm³/mol. The third-order valence-electron chi connectivity index (χ3n) is 7.21. The van der Waals surface area contributed by atoms with Crippen LogP contribution in [0.5, 0.6) is 0 Å². The van der Waals surface area contributed by atoms with Crippen molar-refractivity contribution in [2.24, 2.45) is 0 Å². The van der Waals surface area contributed by atoms with Crippen LogP contribution in [0.2, 0.25) is 0 Å². The average molecular weight is 572 g/mol. The molecule has 2 amide bonds. The van der Waals surface area contributed by atoms with Gasteiger partial charge < -0.3 is 10.2 Å². The fourth-order valence-electron chi connectivity index (χ4n) is 4.77. The van der Waals surface area contributed by atoms with Gasteiger partial charge in [0, 0.05) is 26.6 Å². The first kappa shape index (κ1) is 30.0. The molecule has 0 aliphatic heterocycles. The van der Waals surface area contributed by atoms with Crippen molar-refractivity contribution in [3.05, 3.63) is 114 Å². The Hall–Kier alpha value is -4.01. The normalized spacial score (nSPS) is 12.3. The Labute approximate surface area is 242 Å². The van der Waals surface area contributed by atoms with Crippen LogP contribution in [0, 0.1) is 6.92 Å². The number of hydrogen-bond acceptors (Lipinski definition) is 4. The fourth-order valence-corrected chi connectivity index (χ4v) is 5.92. The molecule has 1 atom stereocenters. The van der Waals surface area contributed by atoms with Gasteiger partial charge in [0.15, 0.2) is 0 Å². The van der Waals surface area contributed by atoms with E-state index in [-0.39, 0.29) is 17.3 Å². The highest BCUT2D eigenvalue weighted by atomic mass is 32.2. The van der Waals surface area contributed by atoms with Crippen LogP contribution < -0.4 is 5.32 Å². The first-order valence-corrected chi connectivity index (χ1v) is 15.3. The molecule has 0 bridgehead atoms. The summed E-state index contributed by atoms with van der Waals surface area (Å²) >= 11 is 0. The van der Waals surface area contributed by atoms with Gasteiger partial charge in [0.1, 0.15) is 6.04 Å². The Morgan fingerprint density at radius 2 is 1.51 bits per heavy atom. The number of hydrogen-bond donors (Lipinski definition) is 1. The van der Waals surface area contributed by atoms with E-state index >= 15 is 0 Å². The number of rotatable bonds is 12. The Morgan fingerprint density at radius 1 is 0.854 bits per heavy atom. The minimum absolute atomic E-state index is 0.110. The van der Waals surface area contributed by atoms with Crippen molar-refractivity contribution in [1.82, 2.24) is 14.5 Å². The lowest BCUT2D eigenvalue weighted by Gasteiger charge is -2.33. The van der Waals surface area contributed by atoms with Crippen LogP contribution in [0.1, 0.15) is 30.0 Å². The number of aryl methyl sites for hydroxylation is 1. The molecule has 8 heteroatoms. The van der Waals surface area contributed by atoms with Gasteiger partial charge in [-0.1, -0.05) is 91.9 Å². The molecule has 214 valence electrons. The minimum atomic E-state index is -3.97. The van der Waals surface area contributed by atoms with Crippen molar-refractivity contribution < 1.29 is 18.0 Å². The molecule has 0 heterocycles. The van der Waals surface area contributed by atoms with Crippen molar-refractivity contribution in [2.75, 3.05) is 20.1 Å². The Morgan fingerprint density at radius 3 is 2.22 bits per heavy atom. The van der Waals surface area contributed by atoms with E-state index in [9.17, 15) is 18.0 Å². The number of amides is 2. The molecule has 1 N–H and O–H groups in total. The van der Waals surface area contributed by atoms with Gasteiger partial charge >= 0.3 is 0 Å². The van der Waals surface area contributed by atoms with Crippen LogP contribution in [0.3, 0.4) is 0 Å². The van der Waals surface area contributed by atoms with Crippen LogP contribution in [0.15, 0.2) is 102 Å². The molecular formula is C33H37N3O4S. The number of fused-ring (bicyclic) bond motifs is 1. The number of nitrogens with one attached hydrogen (secondary N) is 1. The van der Waals surface area contributed by atoms with Gasteiger partial charge in [-0.15, -0.1) is 0 Å². The van der Waals surface area contributed by atoms with E-state index in [0.29, 0.717) is 13.0 Å². The Bertz CT molecular complexity index is 1610. The molecule has 7 nitrogen and oxygen atoms in total. The van der Waals surface area contributed by atoms with Gasteiger partial charge in [0.25, 0.3) is 0 Å². The SMILES string of the molecule is CCCNC(=O)[C@@H](Cc1ccccc1)N(Cc1ccccc1C)C(=O)CN(C)S(=O)(=O)c1ccc2ccccc2c1. The maximum Gasteiger partial charge on any atom is 0.243 e. The third-order valence-corrected chi connectivity index (χ3v) is 9.01. The molecule has 0 aliphatic carbocycles. The molecule has 0 saturated heterocycles. The zero-order chi connectivity index (χ0) is 29.4. The minimum Gasteiger partial charge on any atom is -0.354 e. The summed E-state index contributed by atoms with van der Waals surface area (Å²) in [6.45, 7) is 4.17. The molecule has 4 aromatic rings. The molecule has 0 spiro atoms. The number of likely N-dealkylation sites (N-methyl/N-ethyl adjacent to an activating group) is 1. The zero-order valence-corrected chi connectivity index (χ0v) is 24.6. The number of carbonyl (C=O) groups excluding carboxylic acids is 2. The second-order valence-electron chi connectivity index (χ2n) is 10.2. The lowest BCUT2D eigenvalue weighted by Crippen LogP contribution is -2.53. The van der Waals surface area contributed by atoms with Gasteiger partial charge in [-0.25, -0.2) is 8.42 Å². The Kier molecular flexibility index (Phi) is 9.91. The highest BCUT2D eigenvalue weighted by Crippen LogP contribution is 2.22. The second-order valence-corrected chi connectivity index (χ2v) is 12.3. The molecule has 41 heavy (non-hydrogen) atoms. The molecule has 0 unspecified atom stereocenters. The van der Waals surface area contributed by atoms with E-state index in [2.05, 4.69) is 5.32 Å². The van der Waals surface area contributed by atoms with E-state index in [1.807, 2.05) is 92.7 Å². The quantitative estimate of drug-likeness (QED) is 0.261. The molecule has 0 radical (unpaired) electrons. The number of nitrogens with zero attached hydrogens (tertiary/aromatic N) is 2. The fraction of sp³-hybridized carbons (Fsp3) is 0.273. The molecule has 4 aromatic carbocycles. The summed E-state index contributed by atoms with van der Waals surface area (Å²) in [5.74, 6) is -0.717. The van der Waals surface area contributed by atoms with Gasteiger partial charge in [0.05, 0.1) is 11.4 Å². The van der Waals surface area contributed by atoms with Crippen molar-refractivity contribution in [3.63, 3.8) is 0 Å². The van der Waals surface area contributed by atoms with Crippen molar-refractivity contribution in [1.29, 1.82) is 0 Å². The molecular weight excluding hydrogens is 534 g/mol. The molecule has 0 saturated carbocycles. The van der Waals surface area contributed by atoms with E-state index in [0.717, 1.165) is 38.2 Å². The summed E-state index contributed by atoms with van der Waals surface area (Å²) in [7, 11) is -2.57. The van der Waals surface area contributed by atoms with Gasteiger partial charge in [-0.05, 0) is 52.9 Å². The third kappa shape index (κ3) is 7.39. The maximum atomic E-state index is 14.0. The standard InChI is InChI=1S/C33H37N3O4S/c1-4-20-34-33(38)31(21-26-13-6-5-7-14-26)36(23-29-17-9-8-12-25(29)2)32(37)24-35(3)41(39,40)30-19-18-27-15-10-11-16-28(27)22-30/h5-19,22,31H,4,20-21,23-24H2,1-3H3,(H,34,38)/t31-/m1/s1. The van der Waals surface area contributed by atoms with Crippen LogP contribution >= 0.6 is 0 Å². The summed E-state index contributed by atoms with van der Waals surface area (Å²) in [4.78, 5) is 29.2. The summed E-state index contributed by atoms with van der Waals surface area (Å²) in [6, 6.07) is 28.9. The van der Waals surface area contributed by atoms with Gasteiger partial charge in [0.2, 0.25) is 21.8 Å². The maximum absolute atomic E-state index is 14.0. The van der Waals surface area contributed by atoms with Crippen LogP contribution in [-0.4, -0.2) is 55.6 Å². The lowest BCUT2D eigenvalue weighted by molar-refractivity contribution is -0.141. The highest BCUT2D eigenvalue weighted by molar-refractivity contribution is 7.89. The van der Waals surface area contributed by atoms with Crippen LogP contribution in [0.4, 0.5) is 0 Å². The average Bonchev–Trinajstić information content (AvgIpc) is 2.98. The van der Waals surface area contributed by atoms with Crippen LogP contribution in [0.25, 0.3) is 10.8 Å². The van der Waals surface area contributed by atoms with E-state index in [4.69, 9.17) is 0 Å². The smallest absolute Gasteiger partial charge is 0.243 e. The zero-order valence-electron chi connectivity index (χ0n) is 23.8. The second kappa shape index (κ2) is 13.6. The molecule has 0 aliphatic rings. The summed E-state index contributed by atoms with van der Waals surface area (Å²) in [5.41, 5.74) is 2.78. The monoisotopic (exact) mass is 571 g/mol. The molecule has 4 rings (SSSR count). The number of carbonyl (C=O) groups is 2. The van der Waals surface area contributed by atoms with Gasteiger partial charge in [-0.3, -0.25) is 9.59 Å². The van der Waals surface area contributed by atoms with E-state index in [1.54, 1.807) is 18.2 Å². The topological polar surface area (TPSA) is 86.8 Å². The van der Waals surface area contributed by atoms with Crippen LogP contribution in [-0.2, 0) is 32.6 Å². The largest absolute Gasteiger partial charge is 0.354 e. The van der Waals surface area contributed by atoms with Crippen molar-refractivity contribution in [3.8, 4) is 0 Å². The summed E-state index contributed by atoms with van der Waals surface area (Å²) in [6.07, 6.45) is 1.05. The van der Waals surface area contributed by atoms with E-state index in [1.165, 1.54) is 11.9 Å². The highest BCUT2D eigenvalue weighted by Gasteiger charge is 2.33. The lowest BCUT2D eigenvalue weighted by atomic mass is 10.0. The van der Waals surface area contributed by atoms with Crippen molar-refractivity contribution >= 4 is 32.6 Å². The van der Waals surface area contributed by atoms with E-state index < -0.39 is 28.5 Å². The summed E-state index contributed by atoms with van der Waals surface area (Å²) < 4.78 is 28.2. The number of benzene rings is 4. The van der Waals surface area contributed by atoms with Gasteiger partial charge in [-0.2, -0.15) is 4.31 Å². The molecule has 0 aromatic heterocycles. The first-order valence-electron chi connectivity index (χ1n) is 13.8.